The first-order valence-electron chi connectivity index (χ1n) is 10.2. The maximum absolute atomic E-state index is 11.4. The molecule has 1 unspecified atom stereocenters. The molecule has 2 heterocycles. The Morgan fingerprint density at radius 2 is 1.59 bits per heavy atom. The number of nitrogens with zero attached hydrogens (tertiary/aromatic N) is 2. The molecule has 0 fully saturated rings. The third kappa shape index (κ3) is 11.0. The lowest BCUT2D eigenvalue weighted by molar-refractivity contribution is -0.139. The van der Waals surface area contributed by atoms with Gasteiger partial charge >= 0.3 is 5.97 Å². The summed E-state index contributed by atoms with van der Waals surface area (Å²) in [5.41, 5.74) is 3.88. The molecule has 156 valence electrons. The minimum Gasteiger partial charge on any atom is -0.462 e. The number of allylic oxidation sites excluding steroid dienone is 3. The summed E-state index contributed by atoms with van der Waals surface area (Å²) < 4.78 is 5.17. The van der Waals surface area contributed by atoms with E-state index in [-0.39, 0.29) is 5.97 Å². The van der Waals surface area contributed by atoms with Crippen LogP contribution in [-0.2, 0) is 9.53 Å². The van der Waals surface area contributed by atoms with Gasteiger partial charge in [0.2, 0.25) is 0 Å². The summed E-state index contributed by atoms with van der Waals surface area (Å²) in [6.07, 6.45) is 10.8. The van der Waals surface area contributed by atoms with Crippen molar-refractivity contribution in [2.75, 3.05) is 6.61 Å². The maximum Gasteiger partial charge on any atom is 0.333 e. The van der Waals surface area contributed by atoms with Crippen molar-refractivity contribution in [2.24, 2.45) is 5.92 Å². The Bertz CT molecular complexity index is 726. The van der Waals surface area contributed by atoms with E-state index in [9.17, 15) is 4.79 Å². The maximum atomic E-state index is 11.4. The molecule has 0 aromatic carbocycles. The molecule has 0 bridgehead atoms. The van der Waals surface area contributed by atoms with Gasteiger partial charge in [-0.25, -0.2) is 4.79 Å². The smallest absolute Gasteiger partial charge is 0.333 e. The number of carbonyl (C=O) groups is 1. The molecule has 0 spiro atoms. The Kier molecular flexibility index (Phi) is 12.0. The fourth-order valence-corrected chi connectivity index (χ4v) is 2.41. The van der Waals surface area contributed by atoms with Gasteiger partial charge < -0.3 is 4.74 Å². The average Bonchev–Trinajstić information content (AvgIpc) is 2.74. The molecule has 2 aromatic heterocycles. The quantitative estimate of drug-likeness (QED) is 0.295. The standard InChI is InChI=1S/C15H26O2.C10H8N2/c1-6-14(5)15(16)17-11-10-13(4)9-7-8-12(2)3;1-3-7-11-9(5-1)10-6-2-4-8-12-10/h6,8,13H,7,9-11H2,1-5H3;1-8H/b14-6+;. The van der Waals surface area contributed by atoms with Crippen molar-refractivity contribution in [3.63, 3.8) is 0 Å². The zero-order valence-corrected chi connectivity index (χ0v) is 18.4. The van der Waals surface area contributed by atoms with Gasteiger partial charge in [-0.05, 0) is 77.1 Å². The third-order valence-electron chi connectivity index (χ3n) is 4.40. The van der Waals surface area contributed by atoms with Gasteiger partial charge in [-0.15, -0.1) is 0 Å². The number of hydrogen-bond donors (Lipinski definition) is 0. The number of rotatable bonds is 8. The van der Waals surface area contributed by atoms with E-state index in [1.165, 1.54) is 5.57 Å². The normalized spacial score (nSPS) is 11.7. The van der Waals surface area contributed by atoms with E-state index in [0.717, 1.165) is 30.7 Å². The molecule has 4 nitrogen and oxygen atoms in total. The second kappa shape index (κ2) is 14.3. The van der Waals surface area contributed by atoms with Crippen molar-refractivity contribution in [1.29, 1.82) is 0 Å². The predicted molar refractivity (Wildman–Crippen MR) is 120 cm³/mol. The Balaban J connectivity index is 0.000000304. The van der Waals surface area contributed by atoms with Crippen LogP contribution in [0.15, 0.2) is 72.1 Å². The zero-order chi connectivity index (χ0) is 21.5. The lowest BCUT2D eigenvalue weighted by Crippen LogP contribution is -2.09. The van der Waals surface area contributed by atoms with Crippen LogP contribution < -0.4 is 0 Å². The summed E-state index contributed by atoms with van der Waals surface area (Å²) in [4.78, 5) is 19.7. The Labute approximate surface area is 175 Å². The molecule has 0 radical (unpaired) electrons. The molecular formula is C25H34N2O2. The fourth-order valence-electron chi connectivity index (χ4n) is 2.41. The van der Waals surface area contributed by atoms with E-state index < -0.39 is 0 Å². The van der Waals surface area contributed by atoms with Crippen LogP contribution in [0.2, 0.25) is 0 Å². The summed E-state index contributed by atoms with van der Waals surface area (Å²) in [5, 5.41) is 0. The highest BCUT2D eigenvalue weighted by molar-refractivity contribution is 5.87. The molecule has 2 rings (SSSR count). The van der Waals surface area contributed by atoms with Gasteiger partial charge in [-0.3, -0.25) is 9.97 Å². The number of carbonyl (C=O) groups excluding carboxylic acids is 1. The zero-order valence-electron chi connectivity index (χ0n) is 18.4. The highest BCUT2D eigenvalue weighted by Crippen LogP contribution is 2.12. The van der Waals surface area contributed by atoms with Gasteiger partial charge in [0.25, 0.3) is 0 Å². The molecule has 0 saturated heterocycles. The van der Waals surface area contributed by atoms with Crippen molar-refractivity contribution >= 4 is 5.97 Å². The first-order valence-corrected chi connectivity index (χ1v) is 10.2. The molecule has 2 aromatic rings. The molecule has 0 N–H and O–H groups in total. The molecule has 0 saturated carbocycles. The molecule has 1 atom stereocenters. The summed E-state index contributed by atoms with van der Waals surface area (Å²) >= 11 is 0. The molecule has 4 heteroatoms. The van der Waals surface area contributed by atoms with Gasteiger partial charge in [-0.2, -0.15) is 0 Å². The Morgan fingerprint density at radius 1 is 1.00 bits per heavy atom. The topological polar surface area (TPSA) is 52.1 Å². The van der Waals surface area contributed by atoms with E-state index in [4.69, 9.17) is 4.74 Å². The van der Waals surface area contributed by atoms with Gasteiger partial charge in [0.15, 0.2) is 0 Å². The summed E-state index contributed by atoms with van der Waals surface area (Å²) in [6, 6.07) is 11.6. The number of pyridine rings is 2. The van der Waals surface area contributed by atoms with Crippen LogP contribution in [0.5, 0.6) is 0 Å². The first-order chi connectivity index (χ1) is 13.9. The van der Waals surface area contributed by atoms with E-state index in [1.807, 2.05) is 43.3 Å². The Hall–Kier alpha value is -2.75. The molecular weight excluding hydrogens is 360 g/mol. The molecule has 0 amide bonds. The first kappa shape index (κ1) is 24.3. The van der Waals surface area contributed by atoms with E-state index in [0.29, 0.717) is 18.1 Å². The number of ether oxygens (including phenoxy) is 1. The van der Waals surface area contributed by atoms with Crippen LogP contribution in [-0.4, -0.2) is 22.5 Å². The molecule has 0 aliphatic carbocycles. The number of esters is 1. The lowest BCUT2D eigenvalue weighted by atomic mass is 10.0. The van der Waals surface area contributed by atoms with Gasteiger partial charge in [0.1, 0.15) is 0 Å². The predicted octanol–water partition coefficient (Wildman–Crippen LogP) is 6.41. The van der Waals surface area contributed by atoms with Crippen molar-refractivity contribution < 1.29 is 9.53 Å². The second-order valence-electron chi connectivity index (χ2n) is 7.29. The summed E-state index contributed by atoms with van der Waals surface area (Å²) in [5.74, 6) is 0.410. The van der Waals surface area contributed by atoms with Crippen LogP contribution in [0.25, 0.3) is 11.4 Å². The minimum absolute atomic E-state index is 0.191. The number of aromatic nitrogens is 2. The highest BCUT2D eigenvalue weighted by Gasteiger charge is 2.06. The molecule has 0 aliphatic heterocycles. The third-order valence-corrected chi connectivity index (χ3v) is 4.40. The van der Waals surface area contributed by atoms with E-state index in [2.05, 4.69) is 36.8 Å². The SMILES string of the molecule is C/C=C(\C)C(=O)OCCC(C)CCC=C(C)C.c1ccc(-c2ccccn2)nc1. The molecule has 0 aliphatic rings. The van der Waals surface area contributed by atoms with Crippen molar-refractivity contribution in [3.8, 4) is 11.4 Å². The average molecular weight is 395 g/mol. The van der Waals surface area contributed by atoms with Gasteiger partial charge in [0, 0.05) is 18.0 Å². The summed E-state index contributed by atoms with van der Waals surface area (Å²) in [7, 11) is 0. The fraction of sp³-hybridized carbons (Fsp3) is 0.400. The van der Waals surface area contributed by atoms with Crippen LogP contribution in [0, 0.1) is 5.92 Å². The van der Waals surface area contributed by atoms with Crippen LogP contribution in [0.4, 0.5) is 0 Å². The van der Waals surface area contributed by atoms with Crippen molar-refractivity contribution in [1.82, 2.24) is 9.97 Å². The van der Waals surface area contributed by atoms with Crippen molar-refractivity contribution in [3.05, 3.63) is 72.1 Å². The van der Waals surface area contributed by atoms with Crippen LogP contribution in [0.3, 0.4) is 0 Å². The van der Waals surface area contributed by atoms with Crippen LogP contribution >= 0.6 is 0 Å². The minimum atomic E-state index is -0.191. The number of hydrogen-bond acceptors (Lipinski definition) is 4. The van der Waals surface area contributed by atoms with E-state index in [1.54, 1.807) is 25.4 Å². The Morgan fingerprint density at radius 3 is 2.03 bits per heavy atom. The largest absolute Gasteiger partial charge is 0.462 e. The lowest BCUT2D eigenvalue weighted by Gasteiger charge is -2.10. The highest BCUT2D eigenvalue weighted by atomic mass is 16.5. The van der Waals surface area contributed by atoms with E-state index >= 15 is 0 Å². The van der Waals surface area contributed by atoms with Crippen molar-refractivity contribution in [2.45, 2.75) is 53.9 Å². The van der Waals surface area contributed by atoms with Gasteiger partial charge in [-0.1, -0.05) is 36.8 Å². The second-order valence-corrected chi connectivity index (χ2v) is 7.29. The monoisotopic (exact) mass is 394 g/mol. The summed E-state index contributed by atoms with van der Waals surface area (Å²) in [6.45, 7) is 10.6. The molecule has 29 heavy (non-hydrogen) atoms. The van der Waals surface area contributed by atoms with Crippen LogP contribution in [0.1, 0.15) is 53.9 Å². The van der Waals surface area contributed by atoms with Gasteiger partial charge in [0.05, 0.1) is 18.0 Å².